The van der Waals surface area contributed by atoms with E-state index in [0.717, 1.165) is 24.0 Å². The summed E-state index contributed by atoms with van der Waals surface area (Å²) in [5.41, 5.74) is -0.0485. The molecular weight excluding hydrogens is 284 g/mol. The number of aliphatic hydroxyl groups excluding tert-OH is 1. The van der Waals surface area contributed by atoms with Crippen LogP contribution in [0.15, 0.2) is 18.2 Å². The van der Waals surface area contributed by atoms with Gasteiger partial charge in [0.2, 0.25) is 0 Å². The summed E-state index contributed by atoms with van der Waals surface area (Å²) >= 11 is 1.63. The molecule has 8 heteroatoms. The number of anilines is 1. The average Bonchev–Trinajstić information content (AvgIpc) is 2.42. The summed E-state index contributed by atoms with van der Waals surface area (Å²) in [7, 11) is 0. The van der Waals surface area contributed by atoms with Gasteiger partial charge in [0.05, 0.1) is 10.5 Å². The van der Waals surface area contributed by atoms with E-state index in [2.05, 4.69) is 5.32 Å². The van der Waals surface area contributed by atoms with Crippen LogP contribution < -0.4 is 5.32 Å². The van der Waals surface area contributed by atoms with E-state index in [1.807, 2.05) is 0 Å². The molecule has 7 nitrogen and oxygen atoms in total. The zero-order chi connectivity index (χ0) is 15.0. The highest BCUT2D eigenvalue weighted by Gasteiger charge is 2.16. The lowest BCUT2D eigenvalue weighted by atomic mass is 10.1. The molecule has 0 aromatic heterocycles. The maximum Gasteiger partial charge on any atom is 0.335 e. The third-order valence-electron chi connectivity index (χ3n) is 2.45. The average molecular weight is 300 g/mol. The van der Waals surface area contributed by atoms with Crippen LogP contribution in [0.4, 0.5) is 11.4 Å². The third-order valence-corrected chi connectivity index (χ3v) is 3.52. The lowest BCUT2D eigenvalue weighted by Crippen LogP contribution is -2.08. The summed E-state index contributed by atoms with van der Waals surface area (Å²) in [6.45, 7) is 0.686. The van der Waals surface area contributed by atoms with E-state index in [4.69, 9.17) is 10.2 Å². The topological polar surface area (TPSA) is 113 Å². The van der Waals surface area contributed by atoms with Crippen LogP contribution in [0.3, 0.4) is 0 Å². The molecule has 0 aliphatic heterocycles. The lowest BCUT2D eigenvalue weighted by molar-refractivity contribution is -0.384. The van der Waals surface area contributed by atoms with E-state index in [1.54, 1.807) is 11.8 Å². The van der Waals surface area contributed by atoms with Crippen molar-refractivity contribution in [1.29, 1.82) is 0 Å². The number of carboxylic acid groups (broad SMARTS) is 1. The van der Waals surface area contributed by atoms with Crippen molar-refractivity contribution in [3.05, 3.63) is 33.9 Å². The second-order valence-electron chi connectivity index (χ2n) is 3.91. The van der Waals surface area contributed by atoms with Crippen molar-refractivity contribution in [2.45, 2.75) is 6.42 Å². The fourth-order valence-corrected chi connectivity index (χ4v) is 2.28. The molecule has 0 fully saturated rings. The first-order valence-electron chi connectivity index (χ1n) is 6.00. The van der Waals surface area contributed by atoms with Gasteiger partial charge in [-0.2, -0.15) is 11.8 Å². The molecule has 0 amide bonds. The minimum absolute atomic E-state index is 0.112. The first kappa shape index (κ1) is 16.3. The van der Waals surface area contributed by atoms with Crippen LogP contribution in [0, 0.1) is 10.1 Å². The Morgan fingerprint density at radius 3 is 2.75 bits per heavy atom. The Bertz CT molecular complexity index is 481. The number of nitrogens with one attached hydrogen (secondary N) is 1. The lowest BCUT2D eigenvalue weighted by Gasteiger charge is -2.07. The van der Waals surface area contributed by atoms with E-state index < -0.39 is 10.9 Å². The second-order valence-corrected chi connectivity index (χ2v) is 5.14. The van der Waals surface area contributed by atoms with Crippen LogP contribution in [0.25, 0.3) is 0 Å². The van der Waals surface area contributed by atoms with Gasteiger partial charge in [-0.3, -0.25) is 10.1 Å². The molecule has 3 N–H and O–H groups in total. The molecule has 20 heavy (non-hydrogen) atoms. The van der Waals surface area contributed by atoms with Crippen molar-refractivity contribution in [3.63, 3.8) is 0 Å². The molecule has 0 saturated carbocycles. The summed E-state index contributed by atoms with van der Waals surface area (Å²) in [5.74, 6) is 0.384. The van der Waals surface area contributed by atoms with Gasteiger partial charge in [0, 0.05) is 25.0 Å². The quantitative estimate of drug-likeness (QED) is 0.362. The molecule has 0 aliphatic carbocycles. The van der Waals surface area contributed by atoms with E-state index in [-0.39, 0.29) is 17.9 Å². The second kappa shape index (κ2) is 8.39. The Morgan fingerprint density at radius 1 is 1.40 bits per heavy atom. The number of carboxylic acids is 1. The van der Waals surface area contributed by atoms with Gasteiger partial charge in [0.1, 0.15) is 5.69 Å². The zero-order valence-corrected chi connectivity index (χ0v) is 11.6. The third kappa shape index (κ3) is 5.06. The maximum atomic E-state index is 10.9. The van der Waals surface area contributed by atoms with Gasteiger partial charge in [0.25, 0.3) is 5.69 Å². The predicted octanol–water partition coefficient (Wildman–Crippen LogP) is 1.82. The van der Waals surface area contributed by atoms with E-state index >= 15 is 0 Å². The summed E-state index contributed by atoms with van der Waals surface area (Å²) in [5, 5.41) is 31.3. The molecule has 0 bridgehead atoms. The zero-order valence-electron chi connectivity index (χ0n) is 10.7. The molecule has 0 spiro atoms. The van der Waals surface area contributed by atoms with Crippen LogP contribution >= 0.6 is 11.8 Å². The molecule has 0 atom stereocenters. The largest absolute Gasteiger partial charge is 0.478 e. The smallest absolute Gasteiger partial charge is 0.335 e. The van der Waals surface area contributed by atoms with Gasteiger partial charge in [-0.25, -0.2) is 4.79 Å². The van der Waals surface area contributed by atoms with Gasteiger partial charge in [-0.1, -0.05) is 0 Å². The number of nitrogens with zero attached hydrogens (tertiary/aromatic N) is 1. The van der Waals surface area contributed by atoms with Crippen LogP contribution in [0.2, 0.25) is 0 Å². The Hall–Kier alpha value is -1.80. The summed E-state index contributed by atoms with van der Waals surface area (Å²) in [6.07, 6.45) is 0.720. The first-order chi connectivity index (χ1) is 9.56. The number of thioether (sulfide) groups is 1. The number of aromatic carboxylic acids is 1. The van der Waals surface area contributed by atoms with Crippen LogP contribution in [0.1, 0.15) is 16.8 Å². The number of nitro groups is 1. The minimum atomic E-state index is -1.20. The van der Waals surface area contributed by atoms with Gasteiger partial charge in [-0.05, 0) is 24.3 Å². The predicted molar refractivity (Wildman–Crippen MR) is 77.6 cm³/mol. The number of hydrogen-bond donors (Lipinski definition) is 3. The molecule has 1 rings (SSSR count). The molecule has 110 valence electrons. The Labute approximate surface area is 120 Å². The number of carbonyl (C=O) groups is 1. The number of aliphatic hydroxyl groups is 1. The molecule has 0 unspecified atom stereocenters. The molecule has 1 aromatic carbocycles. The van der Waals surface area contributed by atoms with Crippen LogP contribution in [-0.2, 0) is 0 Å². The standard InChI is InChI=1S/C12H16N2O5S/c15-5-1-6-20-7-4-13-10-3-2-9(12(16)17)8-11(10)14(18)19/h2-3,8,13,15H,1,4-7H2,(H,16,17). The molecule has 0 radical (unpaired) electrons. The van der Waals surface area contributed by atoms with Crippen molar-refractivity contribution in [3.8, 4) is 0 Å². The van der Waals surface area contributed by atoms with Crippen molar-refractivity contribution >= 4 is 29.1 Å². The molecule has 0 saturated heterocycles. The van der Waals surface area contributed by atoms with Crippen molar-refractivity contribution in [2.24, 2.45) is 0 Å². The highest BCUT2D eigenvalue weighted by atomic mass is 32.2. The normalized spacial score (nSPS) is 10.2. The molecule has 1 aromatic rings. The van der Waals surface area contributed by atoms with Crippen molar-refractivity contribution in [1.82, 2.24) is 0 Å². The molecular formula is C12H16N2O5S. The van der Waals surface area contributed by atoms with Gasteiger partial charge in [0.15, 0.2) is 0 Å². The van der Waals surface area contributed by atoms with E-state index in [1.165, 1.54) is 12.1 Å². The number of benzene rings is 1. The first-order valence-corrected chi connectivity index (χ1v) is 7.16. The van der Waals surface area contributed by atoms with E-state index in [0.29, 0.717) is 12.2 Å². The Kier molecular flexibility index (Phi) is 6.82. The Morgan fingerprint density at radius 2 is 2.15 bits per heavy atom. The fourth-order valence-electron chi connectivity index (χ4n) is 1.49. The van der Waals surface area contributed by atoms with Crippen LogP contribution in [0.5, 0.6) is 0 Å². The SMILES string of the molecule is O=C(O)c1ccc(NCCSCCCO)c([N+](=O)[O-])c1. The van der Waals surface area contributed by atoms with Gasteiger partial charge < -0.3 is 15.5 Å². The Balaban J connectivity index is 2.60. The van der Waals surface area contributed by atoms with Gasteiger partial charge in [-0.15, -0.1) is 0 Å². The minimum Gasteiger partial charge on any atom is -0.478 e. The molecule has 0 heterocycles. The highest BCUT2D eigenvalue weighted by Crippen LogP contribution is 2.25. The fraction of sp³-hybridized carbons (Fsp3) is 0.417. The summed E-state index contributed by atoms with van der Waals surface area (Å²) < 4.78 is 0. The number of nitro benzene ring substituents is 1. The van der Waals surface area contributed by atoms with Gasteiger partial charge >= 0.3 is 5.97 Å². The van der Waals surface area contributed by atoms with Crippen molar-refractivity contribution < 1.29 is 19.9 Å². The number of rotatable bonds is 9. The maximum absolute atomic E-state index is 10.9. The monoisotopic (exact) mass is 300 g/mol. The summed E-state index contributed by atoms with van der Waals surface area (Å²) in [6, 6.07) is 3.78. The number of hydrogen-bond acceptors (Lipinski definition) is 6. The summed E-state index contributed by atoms with van der Waals surface area (Å²) in [4.78, 5) is 21.1. The highest BCUT2D eigenvalue weighted by molar-refractivity contribution is 7.99. The van der Waals surface area contributed by atoms with Crippen LogP contribution in [-0.4, -0.2) is 45.8 Å². The van der Waals surface area contributed by atoms with E-state index in [9.17, 15) is 14.9 Å². The van der Waals surface area contributed by atoms with Crippen molar-refractivity contribution in [2.75, 3.05) is 30.0 Å². The molecule has 0 aliphatic rings.